The van der Waals surface area contributed by atoms with Crippen LogP contribution in [0.25, 0.3) is 11.3 Å². The lowest BCUT2D eigenvalue weighted by atomic mass is 10.1. The Morgan fingerprint density at radius 3 is 2.56 bits per heavy atom. The van der Waals surface area contributed by atoms with Crippen LogP contribution in [0, 0.1) is 18.3 Å². The second-order valence-electron chi connectivity index (χ2n) is 3.25. The molecule has 1 aromatic carbocycles. The van der Waals surface area contributed by atoms with E-state index in [1.165, 1.54) is 4.90 Å². The molecule has 4 heteroatoms. The molecule has 0 unspecified atom stereocenters. The third-order valence-electron chi connectivity index (χ3n) is 2.19. The zero-order chi connectivity index (χ0) is 11.5. The standard InChI is InChI=1S/C12H10N2OS/c1-8-14-11(7-13)12(15-8)9-3-5-10(16-2)6-4-9/h3-6H,1-2H3. The van der Waals surface area contributed by atoms with Gasteiger partial charge in [-0.25, -0.2) is 4.98 Å². The van der Waals surface area contributed by atoms with Crippen LogP contribution in [0.2, 0.25) is 0 Å². The Labute approximate surface area is 98.1 Å². The zero-order valence-corrected chi connectivity index (χ0v) is 9.84. The van der Waals surface area contributed by atoms with E-state index >= 15 is 0 Å². The molecule has 2 aromatic rings. The molecule has 0 bridgehead atoms. The van der Waals surface area contributed by atoms with E-state index in [1.54, 1.807) is 18.7 Å². The van der Waals surface area contributed by atoms with Crippen molar-refractivity contribution in [3.63, 3.8) is 0 Å². The van der Waals surface area contributed by atoms with Gasteiger partial charge < -0.3 is 4.42 Å². The Morgan fingerprint density at radius 1 is 1.31 bits per heavy atom. The SMILES string of the molecule is CSc1ccc(-c2oc(C)nc2C#N)cc1. The molecule has 0 atom stereocenters. The van der Waals surface area contributed by atoms with Crippen molar-refractivity contribution >= 4 is 11.8 Å². The highest BCUT2D eigenvalue weighted by Gasteiger charge is 2.12. The summed E-state index contributed by atoms with van der Waals surface area (Å²) in [6.07, 6.45) is 2.02. The first kappa shape index (κ1) is 10.8. The van der Waals surface area contributed by atoms with Crippen LogP contribution in [0.4, 0.5) is 0 Å². The van der Waals surface area contributed by atoms with Crippen molar-refractivity contribution in [3.8, 4) is 17.4 Å². The summed E-state index contributed by atoms with van der Waals surface area (Å²) in [7, 11) is 0. The van der Waals surface area contributed by atoms with E-state index in [0.29, 0.717) is 17.3 Å². The molecule has 0 amide bonds. The first-order valence-electron chi connectivity index (χ1n) is 4.76. The Bertz CT molecular complexity index is 537. The van der Waals surface area contributed by atoms with Gasteiger partial charge in [-0.3, -0.25) is 0 Å². The topological polar surface area (TPSA) is 49.8 Å². The van der Waals surface area contributed by atoms with Gasteiger partial charge in [-0.05, 0) is 18.4 Å². The van der Waals surface area contributed by atoms with Crippen LogP contribution in [-0.2, 0) is 0 Å². The summed E-state index contributed by atoms with van der Waals surface area (Å²) in [6.45, 7) is 1.74. The molecule has 3 nitrogen and oxygen atoms in total. The number of nitriles is 1. The summed E-state index contributed by atoms with van der Waals surface area (Å²) >= 11 is 1.68. The smallest absolute Gasteiger partial charge is 0.193 e. The third-order valence-corrected chi connectivity index (χ3v) is 2.94. The average Bonchev–Trinajstić information content (AvgIpc) is 2.70. The third kappa shape index (κ3) is 1.95. The van der Waals surface area contributed by atoms with Crippen LogP contribution >= 0.6 is 11.8 Å². The number of thioether (sulfide) groups is 1. The molecule has 0 saturated carbocycles. The molecule has 16 heavy (non-hydrogen) atoms. The number of rotatable bonds is 2. The van der Waals surface area contributed by atoms with Crippen LogP contribution in [0.3, 0.4) is 0 Å². The molecule has 2 rings (SSSR count). The largest absolute Gasteiger partial charge is 0.440 e. The molecular formula is C12H10N2OS. The van der Waals surface area contributed by atoms with E-state index in [1.807, 2.05) is 36.6 Å². The molecule has 0 aliphatic carbocycles. The molecule has 0 fully saturated rings. The Morgan fingerprint density at radius 2 is 2.00 bits per heavy atom. The van der Waals surface area contributed by atoms with Crippen molar-refractivity contribution < 1.29 is 4.42 Å². The number of benzene rings is 1. The first-order chi connectivity index (χ1) is 7.74. The fourth-order valence-corrected chi connectivity index (χ4v) is 1.85. The molecule has 0 aliphatic heterocycles. The van der Waals surface area contributed by atoms with E-state index in [4.69, 9.17) is 9.68 Å². The fourth-order valence-electron chi connectivity index (χ4n) is 1.44. The first-order valence-corrected chi connectivity index (χ1v) is 5.99. The maximum atomic E-state index is 8.92. The molecule has 0 radical (unpaired) electrons. The van der Waals surface area contributed by atoms with Crippen molar-refractivity contribution in [3.05, 3.63) is 35.9 Å². The Kier molecular flexibility index (Phi) is 2.97. The number of nitrogens with zero attached hydrogens (tertiary/aromatic N) is 2. The fraction of sp³-hybridized carbons (Fsp3) is 0.167. The summed E-state index contributed by atoms with van der Waals surface area (Å²) in [4.78, 5) is 5.19. The molecular weight excluding hydrogens is 220 g/mol. The second kappa shape index (κ2) is 4.42. The number of hydrogen-bond acceptors (Lipinski definition) is 4. The summed E-state index contributed by atoms with van der Waals surface area (Å²) < 4.78 is 5.42. The molecule has 0 spiro atoms. The maximum absolute atomic E-state index is 8.92. The predicted octanol–water partition coefficient (Wildman–Crippen LogP) is 3.24. The zero-order valence-electron chi connectivity index (χ0n) is 9.02. The highest BCUT2D eigenvalue weighted by Crippen LogP contribution is 2.26. The lowest BCUT2D eigenvalue weighted by Gasteiger charge is -1.98. The lowest BCUT2D eigenvalue weighted by molar-refractivity contribution is 0.534. The summed E-state index contributed by atoms with van der Waals surface area (Å²) in [5.41, 5.74) is 1.23. The van der Waals surface area contributed by atoms with Gasteiger partial charge in [-0.1, -0.05) is 12.1 Å². The summed E-state index contributed by atoms with van der Waals surface area (Å²) in [6, 6.07) is 9.91. The number of aromatic nitrogens is 1. The minimum atomic E-state index is 0.342. The van der Waals surface area contributed by atoms with E-state index < -0.39 is 0 Å². The normalized spacial score (nSPS) is 10.1. The lowest BCUT2D eigenvalue weighted by Crippen LogP contribution is -1.80. The van der Waals surface area contributed by atoms with Gasteiger partial charge in [0.2, 0.25) is 0 Å². The monoisotopic (exact) mass is 230 g/mol. The van der Waals surface area contributed by atoms with Crippen LogP contribution in [0.15, 0.2) is 33.6 Å². The van der Waals surface area contributed by atoms with Crippen molar-refractivity contribution in [2.24, 2.45) is 0 Å². The summed E-state index contributed by atoms with van der Waals surface area (Å²) in [5.74, 6) is 1.06. The minimum absolute atomic E-state index is 0.342. The van der Waals surface area contributed by atoms with Crippen LogP contribution in [0.5, 0.6) is 0 Å². The van der Waals surface area contributed by atoms with Gasteiger partial charge in [0.05, 0.1) is 0 Å². The van der Waals surface area contributed by atoms with Crippen LogP contribution < -0.4 is 0 Å². The van der Waals surface area contributed by atoms with Gasteiger partial charge in [0.15, 0.2) is 17.3 Å². The quantitative estimate of drug-likeness (QED) is 0.743. The van der Waals surface area contributed by atoms with Gasteiger partial charge >= 0.3 is 0 Å². The molecule has 0 aliphatic rings. The van der Waals surface area contributed by atoms with Crippen molar-refractivity contribution in [2.45, 2.75) is 11.8 Å². The Balaban J connectivity index is 2.46. The highest BCUT2D eigenvalue weighted by molar-refractivity contribution is 7.98. The molecule has 0 saturated heterocycles. The average molecular weight is 230 g/mol. The van der Waals surface area contributed by atoms with Gasteiger partial charge in [0.1, 0.15) is 6.07 Å². The second-order valence-corrected chi connectivity index (χ2v) is 4.13. The van der Waals surface area contributed by atoms with E-state index in [9.17, 15) is 0 Å². The van der Waals surface area contributed by atoms with E-state index in [-0.39, 0.29) is 0 Å². The Hall–Kier alpha value is -1.73. The van der Waals surface area contributed by atoms with Crippen LogP contribution in [-0.4, -0.2) is 11.2 Å². The highest BCUT2D eigenvalue weighted by atomic mass is 32.2. The van der Waals surface area contributed by atoms with Gasteiger partial charge in [0.25, 0.3) is 0 Å². The van der Waals surface area contributed by atoms with Crippen molar-refractivity contribution in [1.29, 1.82) is 5.26 Å². The summed E-state index contributed by atoms with van der Waals surface area (Å²) in [5, 5.41) is 8.92. The van der Waals surface area contributed by atoms with Crippen molar-refractivity contribution in [2.75, 3.05) is 6.26 Å². The predicted molar refractivity (Wildman–Crippen MR) is 63.2 cm³/mol. The number of aryl methyl sites for hydroxylation is 1. The number of hydrogen-bond donors (Lipinski definition) is 0. The van der Waals surface area contributed by atoms with Gasteiger partial charge in [-0.15, -0.1) is 11.8 Å². The van der Waals surface area contributed by atoms with E-state index in [2.05, 4.69) is 4.98 Å². The molecule has 80 valence electrons. The van der Waals surface area contributed by atoms with Crippen LogP contribution in [0.1, 0.15) is 11.6 Å². The van der Waals surface area contributed by atoms with Crippen molar-refractivity contribution in [1.82, 2.24) is 4.98 Å². The van der Waals surface area contributed by atoms with Gasteiger partial charge in [-0.2, -0.15) is 5.26 Å². The van der Waals surface area contributed by atoms with Gasteiger partial charge in [0, 0.05) is 17.4 Å². The molecule has 1 aromatic heterocycles. The minimum Gasteiger partial charge on any atom is -0.440 e. The molecule has 1 heterocycles. The maximum Gasteiger partial charge on any atom is 0.193 e. The number of oxazole rings is 1. The van der Waals surface area contributed by atoms with E-state index in [0.717, 1.165) is 5.56 Å². The molecule has 0 N–H and O–H groups in total.